The van der Waals surface area contributed by atoms with E-state index in [2.05, 4.69) is 4.90 Å². The van der Waals surface area contributed by atoms with Crippen molar-refractivity contribution >= 4 is 23.3 Å². The third kappa shape index (κ3) is 4.27. The predicted octanol–water partition coefficient (Wildman–Crippen LogP) is 3.75. The molecule has 2 aliphatic rings. The van der Waals surface area contributed by atoms with Crippen molar-refractivity contribution in [3.05, 3.63) is 65.7 Å². The number of likely N-dealkylation sites (tertiary alicyclic amines) is 1. The maximum atomic E-state index is 13.2. The van der Waals surface area contributed by atoms with Crippen LogP contribution in [-0.4, -0.2) is 53.8 Å². The number of carbonyl (C=O) groups is 3. The number of piperidine rings is 2. The van der Waals surface area contributed by atoms with Crippen molar-refractivity contribution in [2.24, 2.45) is 5.92 Å². The summed E-state index contributed by atoms with van der Waals surface area (Å²) in [6.07, 6.45) is 2.46. The third-order valence-electron chi connectivity index (χ3n) is 7.15. The van der Waals surface area contributed by atoms with Crippen LogP contribution in [0.25, 0.3) is 0 Å². The lowest BCUT2D eigenvalue weighted by Gasteiger charge is -2.41. The van der Waals surface area contributed by atoms with Crippen molar-refractivity contribution in [3.63, 3.8) is 0 Å². The molecule has 0 aromatic heterocycles. The zero-order chi connectivity index (χ0) is 22.7. The first-order valence-corrected chi connectivity index (χ1v) is 11.3. The first-order chi connectivity index (χ1) is 15.4. The number of aliphatic carboxylic acids is 1. The van der Waals surface area contributed by atoms with Crippen LogP contribution in [0.2, 0.25) is 0 Å². The van der Waals surface area contributed by atoms with Crippen LogP contribution in [0.1, 0.15) is 48.5 Å². The van der Waals surface area contributed by atoms with Crippen LogP contribution in [0.3, 0.4) is 0 Å². The van der Waals surface area contributed by atoms with Crippen LogP contribution in [0, 0.1) is 5.92 Å². The molecule has 0 spiro atoms. The molecule has 6 heteroatoms. The molecule has 0 atom stereocenters. The summed E-state index contributed by atoms with van der Waals surface area (Å²) in [7, 11) is 0. The fourth-order valence-electron chi connectivity index (χ4n) is 5.04. The zero-order valence-electron chi connectivity index (χ0n) is 18.5. The highest BCUT2D eigenvalue weighted by atomic mass is 16.4. The summed E-state index contributed by atoms with van der Waals surface area (Å²) >= 11 is 0. The van der Waals surface area contributed by atoms with Gasteiger partial charge in [0.1, 0.15) is 0 Å². The van der Waals surface area contributed by atoms with Gasteiger partial charge in [-0.2, -0.15) is 0 Å². The highest BCUT2D eigenvalue weighted by Crippen LogP contribution is 2.37. The average molecular weight is 435 g/mol. The number of hydrogen-bond acceptors (Lipinski definition) is 4. The molecule has 2 saturated heterocycles. The molecule has 1 amide bonds. The largest absolute Gasteiger partial charge is 0.481 e. The lowest BCUT2D eigenvalue weighted by molar-refractivity contribution is -0.149. The van der Waals surface area contributed by atoms with Gasteiger partial charge >= 0.3 is 5.97 Å². The molecule has 2 heterocycles. The molecule has 0 radical (unpaired) electrons. The number of carboxylic acids is 1. The van der Waals surface area contributed by atoms with Crippen molar-refractivity contribution in [1.29, 1.82) is 0 Å². The number of rotatable bonds is 5. The Hall–Kier alpha value is -3.15. The van der Waals surface area contributed by atoms with Gasteiger partial charge in [-0.05, 0) is 62.4 Å². The smallest absolute Gasteiger partial charge is 0.314 e. The van der Waals surface area contributed by atoms with Gasteiger partial charge < -0.3 is 14.9 Å². The number of ketones is 1. The Morgan fingerprint density at radius 1 is 0.875 bits per heavy atom. The molecule has 2 aromatic carbocycles. The molecule has 0 aliphatic carbocycles. The molecular formula is C26H30N2O4. The molecule has 2 aliphatic heterocycles. The molecule has 0 saturated carbocycles. The highest BCUT2D eigenvalue weighted by Gasteiger charge is 2.44. The minimum absolute atomic E-state index is 0.0169. The summed E-state index contributed by atoms with van der Waals surface area (Å²) in [5.74, 6) is -0.609. The highest BCUT2D eigenvalue weighted by molar-refractivity contribution is 5.94. The number of anilines is 1. The van der Waals surface area contributed by atoms with Crippen LogP contribution in [0.4, 0.5) is 5.69 Å². The maximum Gasteiger partial charge on any atom is 0.314 e. The molecule has 2 aromatic rings. The number of carbonyl (C=O) groups excluding carboxylic acids is 2. The zero-order valence-corrected chi connectivity index (χ0v) is 18.5. The van der Waals surface area contributed by atoms with Crippen molar-refractivity contribution < 1.29 is 19.5 Å². The standard InChI is InChI=1S/C26H30N2O4/c1-19(29)20-7-9-23(10-8-20)27-15-11-21(12-16-27)24(30)28-17-13-26(14-18-28,25(31)32)22-5-3-2-4-6-22/h2-10,21H,11-18H2,1H3,(H,31,32). The van der Waals surface area contributed by atoms with Gasteiger partial charge in [-0.25, -0.2) is 0 Å². The lowest BCUT2D eigenvalue weighted by atomic mass is 9.72. The monoisotopic (exact) mass is 434 g/mol. The Morgan fingerprint density at radius 3 is 2.00 bits per heavy atom. The molecule has 2 fully saturated rings. The molecule has 168 valence electrons. The van der Waals surface area contributed by atoms with Gasteiger partial charge in [-0.3, -0.25) is 14.4 Å². The van der Waals surface area contributed by atoms with Crippen molar-refractivity contribution in [1.82, 2.24) is 4.90 Å². The predicted molar refractivity (Wildman–Crippen MR) is 123 cm³/mol. The molecular weight excluding hydrogens is 404 g/mol. The fourth-order valence-corrected chi connectivity index (χ4v) is 5.04. The number of carboxylic acid groups (broad SMARTS) is 1. The second-order valence-corrected chi connectivity index (χ2v) is 8.94. The molecule has 1 N–H and O–H groups in total. The second kappa shape index (κ2) is 9.15. The van der Waals surface area contributed by atoms with E-state index < -0.39 is 11.4 Å². The molecule has 0 unspecified atom stereocenters. The van der Waals surface area contributed by atoms with Gasteiger partial charge in [-0.1, -0.05) is 30.3 Å². The van der Waals surface area contributed by atoms with E-state index in [0.29, 0.717) is 31.5 Å². The number of nitrogens with zero attached hydrogens (tertiary/aromatic N) is 2. The topological polar surface area (TPSA) is 77.9 Å². The van der Waals surface area contributed by atoms with E-state index >= 15 is 0 Å². The van der Waals surface area contributed by atoms with Gasteiger partial charge in [0.05, 0.1) is 5.41 Å². The van der Waals surface area contributed by atoms with Crippen LogP contribution in [0.15, 0.2) is 54.6 Å². The van der Waals surface area contributed by atoms with E-state index in [9.17, 15) is 19.5 Å². The molecule has 0 bridgehead atoms. The Balaban J connectivity index is 1.34. The summed E-state index contributed by atoms with van der Waals surface area (Å²) in [5, 5.41) is 9.97. The maximum absolute atomic E-state index is 13.2. The van der Waals surface area contributed by atoms with E-state index in [-0.39, 0.29) is 17.6 Å². The fraction of sp³-hybridized carbons (Fsp3) is 0.423. The van der Waals surface area contributed by atoms with Crippen LogP contribution >= 0.6 is 0 Å². The van der Waals surface area contributed by atoms with Crippen molar-refractivity contribution in [2.75, 3.05) is 31.1 Å². The van der Waals surface area contributed by atoms with E-state index in [4.69, 9.17) is 0 Å². The number of benzene rings is 2. The number of Topliss-reactive ketones (excluding diaryl/α,β-unsaturated/α-hetero) is 1. The van der Waals surface area contributed by atoms with Crippen LogP contribution < -0.4 is 4.90 Å². The average Bonchev–Trinajstić information content (AvgIpc) is 2.84. The van der Waals surface area contributed by atoms with E-state index in [0.717, 1.165) is 37.2 Å². The normalized spacial score (nSPS) is 18.9. The Bertz CT molecular complexity index is 971. The van der Waals surface area contributed by atoms with E-state index in [1.807, 2.05) is 59.5 Å². The van der Waals surface area contributed by atoms with E-state index in [1.54, 1.807) is 6.92 Å². The quantitative estimate of drug-likeness (QED) is 0.725. The number of amides is 1. The van der Waals surface area contributed by atoms with Gasteiger partial charge in [-0.15, -0.1) is 0 Å². The van der Waals surface area contributed by atoms with Gasteiger partial charge in [0.25, 0.3) is 0 Å². The Labute approximate surface area is 188 Å². The summed E-state index contributed by atoms with van der Waals surface area (Å²) in [4.78, 5) is 40.9. The molecule has 6 nitrogen and oxygen atoms in total. The lowest BCUT2D eigenvalue weighted by Crippen LogP contribution is -2.51. The van der Waals surface area contributed by atoms with E-state index in [1.165, 1.54) is 0 Å². The summed E-state index contributed by atoms with van der Waals surface area (Å²) in [6, 6.07) is 17.0. The molecule has 32 heavy (non-hydrogen) atoms. The Morgan fingerprint density at radius 2 is 1.47 bits per heavy atom. The summed E-state index contributed by atoms with van der Waals surface area (Å²) in [5.41, 5.74) is 1.70. The third-order valence-corrected chi connectivity index (χ3v) is 7.15. The Kier molecular flexibility index (Phi) is 6.31. The van der Waals surface area contributed by atoms with Crippen LogP contribution in [0.5, 0.6) is 0 Å². The van der Waals surface area contributed by atoms with Gasteiger partial charge in [0, 0.05) is 43.3 Å². The van der Waals surface area contributed by atoms with Gasteiger partial charge in [0.2, 0.25) is 5.91 Å². The minimum atomic E-state index is -0.909. The molecule has 4 rings (SSSR count). The second-order valence-electron chi connectivity index (χ2n) is 8.94. The van der Waals surface area contributed by atoms with Gasteiger partial charge in [0.15, 0.2) is 5.78 Å². The first kappa shape index (κ1) is 22.1. The SMILES string of the molecule is CC(=O)c1ccc(N2CCC(C(=O)N3CCC(C(=O)O)(c4ccccc4)CC3)CC2)cc1. The first-order valence-electron chi connectivity index (χ1n) is 11.3. The van der Waals surface area contributed by atoms with Crippen molar-refractivity contribution in [2.45, 2.75) is 38.0 Å². The summed E-state index contributed by atoms with van der Waals surface area (Å²) in [6.45, 7) is 4.12. The minimum Gasteiger partial charge on any atom is -0.481 e. The van der Waals surface area contributed by atoms with Crippen LogP contribution in [-0.2, 0) is 15.0 Å². The summed E-state index contributed by atoms with van der Waals surface area (Å²) < 4.78 is 0. The van der Waals surface area contributed by atoms with Crippen molar-refractivity contribution in [3.8, 4) is 0 Å². The number of hydrogen-bond donors (Lipinski definition) is 1.